The molecule has 1 heterocycles. The molecular weight excluding hydrogens is 256 g/mol. The van der Waals surface area contributed by atoms with Crippen molar-refractivity contribution in [3.05, 3.63) is 45.7 Å². The molecule has 0 aliphatic rings. The first-order valence-electron chi connectivity index (χ1n) is 6.43. The summed E-state index contributed by atoms with van der Waals surface area (Å²) >= 11 is 0. The Morgan fingerprint density at radius 2 is 2.15 bits per heavy atom. The monoisotopic (exact) mass is 274 g/mol. The number of nitrogens with one attached hydrogen (secondary N) is 2. The second kappa shape index (κ2) is 5.88. The predicted octanol–water partition coefficient (Wildman–Crippen LogP) is 1.14. The molecule has 0 fully saturated rings. The van der Waals surface area contributed by atoms with Gasteiger partial charge in [0.1, 0.15) is 6.04 Å². The molecule has 0 radical (unpaired) electrons. The molecule has 0 aliphatic heterocycles. The number of benzene rings is 1. The van der Waals surface area contributed by atoms with E-state index >= 15 is 0 Å². The minimum absolute atomic E-state index is 0.175. The Hall–Kier alpha value is -2.14. The van der Waals surface area contributed by atoms with Crippen molar-refractivity contribution in [2.45, 2.75) is 19.4 Å². The number of fused-ring (bicyclic) bond motifs is 1. The maximum absolute atomic E-state index is 12.0. The predicted molar refractivity (Wildman–Crippen MR) is 77.9 cm³/mol. The Kier molecular flexibility index (Phi) is 4.20. The molecule has 106 valence electrons. The number of ether oxygens (including phenoxy) is 1. The van der Waals surface area contributed by atoms with Crippen LogP contribution in [0.3, 0.4) is 0 Å². The fraction of sp³-hybridized carbons (Fsp3) is 0.333. The van der Waals surface area contributed by atoms with Gasteiger partial charge in [0.05, 0.1) is 7.11 Å². The SMILES string of the molecule is CN[C@@H](Cc1cc2cc(C)ccc2[nH]c1=O)C(=O)OC. The van der Waals surface area contributed by atoms with Crippen LogP contribution in [0.5, 0.6) is 0 Å². The standard InChI is InChI=1S/C15H18N2O3/c1-9-4-5-12-10(6-9)7-11(14(18)17-12)8-13(16-2)15(19)20-3/h4-7,13,16H,8H2,1-3H3,(H,17,18)/t13-/m0/s1. The molecule has 5 nitrogen and oxygen atoms in total. The highest BCUT2D eigenvalue weighted by atomic mass is 16.5. The van der Waals surface area contributed by atoms with E-state index in [0.29, 0.717) is 12.0 Å². The van der Waals surface area contributed by atoms with Crippen LogP contribution in [0.1, 0.15) is 11.1 Å². The van der Waals surface area contributed by atoms with Gasteiger partial charge in [0.15, 0.2) is 0 Å². The molecule has 0 unspecified atom stereocenters. The smallest absolute Gasteiger partial charge is 0.323 e. The van der Waals surface area contributed by atoms with E-state index < -0.39 is 6.04 Å². The summed E-state index contributed by atoms with van der Waals surface area (Å²) in [6.07, 6.45) is 0.294. The van der Waals surface area contributed by atoms with Crippen LogP contribution in [0, 0.1) is 6.92 Å². The minimum atomic E-state index is -0.525. The summed E-state index contributed by atoms with van der Waals surface area (Å²) in [5, 5.41) is 3.82. The number of carbonyl (C=O) groups excluding carboxylic acids is 1. The number of pyridine rings is 1. The summed E-state index contributed by atoms with van der Waals surface area (Å²) in [6, 6.07) is 7.13. The summed E-state index contributed by atoms with van der Waals surface area (Å²) in [5.41, 5.74) is 2.30. The minimum Gasteiger partial charge on any atom is -0.468 e. The highest BCUT2D eigenvalue weighted by molar-refractivity contribution is 5.80. The van der Waals surface area contributed by atoms with Gasteiger partial charge >= 0.3 is 5.97 Å². The Balaban J connectivity index is 2.41. The number of carbonyl (C=O) groups is 1. The van der Waals surface area contributed by atoms with Gasteiger partial charge in [-0.25, -0.2) is 0 Å². The third kappa shape index (κ3) is 2.88. The van der Waals surface area contributed by atoms with Crippen molar-refractivity contribution in [2.24, 2.45) is 0 Å². The Morgan fingerprint density at radius 3 is 2.80 bits per heavy atom. The van der Waals surface area contributed by atoms with Gasteiger partial charge in [0.25, 0.3) is 5.56 Å². The molecule has 0 saturated carbocycles. The number of aryl methyl sites for hydroxylation is 1. The van der Waals surface area contributed by atoms with Crippen molar-refractivity contribution in [2.75, 3.05) is 14.2 Å². The van der Waals surface area contributed by atoms with E-state index in [9.17, 15) is 9.59 Å². The van der Waals surface area contributed by atoms with Crippen LogP contribution in [0.25, 0.3) is 10.9 Å². The molecule has 5 heteroatoms. The van der Waals surface area contributed by atoms with Gasteiger partial charge in [0, 0.05) is 17.5 Å². The molecule has 0 bridgehead atoms. The lowest BCUT2D eigenvalue weighted by atomic mass is 10.0. The number of esters is 1. The zero-order valence-electron chi connectivity index (χ0n) is 11.8. The van der Waals surface area contributed by atoms with Crippen molar-refractivity contribution in [1.29, 1.82) is 0 Å². The average Bonchev–Trinajstić information content (AvgIpc) is 2.44. The first kappa shape index (κ1) is 14.3. The molecule has 2 aromatic rings. The van der Waals surface area contributed by atoms with E-state index in [0.717, 1.165) is 16.5 Å². The molecule has 1 atom stereocenters. The van der Waals surface area contributed by atoms with E-state index in [-0.39, 0.29) is 11.5 Å². The largest absolute Gasteiger partial charge is 0.468 e. The van der Waals surface area contributed by atoms with Gasteiger partial charge in [-0.2, -0.15) is 0 Å². The Morgan fingerprint density at radius 1 is 1.40 bits per heavy atom. The van der Waals surface area contributed by atoms with Gasteiger partial charge in [0.2, 0.25) is 0 Å². The summed E-state index contributed by atoms with van der Waals surface area (Å²) in [5.74, 6) is -0.378. The first-order chi connectivity index (χ1) is 9.55. The normalized spacial score (nSPS) is 12.3. The number of likely N-dealkylation sites (N-methyl/N-ethyl adjacent to an activating group) is 1. The summed E-state index contributed by atoms with van der Waals surface area (Å²) < 4.78 is 4.71. The quantitative estimate of drug-likeness (QED) is 0.820. The molecule has 2 rings (SSSR count). The lowest BCUT2D eigenvalue weighted by molar-refractivity contribution is -0.142. The van der Waals surface area contributed by atoms with Crippen molar-refractivity contribution in [3.8, 4) is 0 Å². The van der Waals surface area contributed by atoms with Gasteiger partial charge in [-0.3, -0.25) is 9.59 Å². The number of hydrogen-bond acceptors (Lipinski definition) is 4. The van der Waals surface area contributed by atoms with E-state index in [1.165, 1.54) is 7.11 Å². The maximum atomic E-state index is 12.0. The molecule has 1 aromatic heterocycles. The van der Waals surface area contributed by atoms with Crippen molar-refractivity contribution < 1.29 is 9.53 Å². The lowest BCUT2D eigenvalue weighted by Crippen LogP contribution is -2.38. The fourth-order valence-electron chi connectivity index (χ4n) is 2.19. The van der Waals surface area contributed by atoms with Gasteiger partial charge in [-0.05, 0) is 37.6 Å². The molecule has 0 aliphatic carbocycles. The average molecular weight is 274 g/mol. The summed E-state index contributed by atoms with van der Waals surface area (Å²) in [4.78, 5) is 26.5. The third-order valence-corrected chi connectivity index (χ3v) is 3.33. The van der Waals surface area contributed by atoms with Crippen LogP contribution in [0.2, 0.25) is 0 Å². The van der Waals surface area contributed by atoms with E-state index in [1.54, 1.807) is 7.05 Å². The van der Waals surface area contributed by atoms with Gasteiger partial charge < -0.3 is 15.0 Å². The first-order valence-corrected chi connectivity index (χ1v) is 6.43. The third-order valence-electron chi connectivity index (χ3n) is 3.33. The number of aromatic nitrogens is 1. The van der Waals surface area contributed by atoms with Gasteiger partial charge in [-0.1, -0.05) is 11.6 Å². The Labute approximate surface area is 117 Å². The second-order valence-corrected chi connectivity index (χ2v) is 4.78. The van der Waals surface area contributed by atoms with Crippen LogP contribution in [-0.2, 0) is 16.0 Å². The van der Waals surface area contributed by atoms with Gasteiger partial charge in [-0.15, -0.1) is 0 Å². The van der Waals surface area contributed by atoms with Crippen LogP contribution >= 0.6 is 0 Å². The highest BCUT2D eigenvalue weighted by Gasteiger charge is 2.19. The maximum Gasteiger partial charge on any atom is 0.323 e. The number of hydrogen-bond donors (Lipinski definition) is 2. The number of aromatic amines is 1. The van der Waals surface area contributed by atoms with Crippen LogP contribution < -0.4 is 10.9 Å². The van der Waals surface area contributed by atoms with Crippen LogP contribution in [0.4, 0.5) is 0 Å². The number of rotatable bonds is 4. The summed E-state index contributed by atoms with van der Waals surface area (Å²) in [6.45, 7) is 2.00. The molecule has 0 amide bonds. The topological polar surface area (TPSA) is 71.2 Å². The highest BCUT2D eigenvalue weighted by Crippen LogP contribution is 2.14. The summed E-state index contributed by atoms with van der Waals surface area (Å²) in [7, 11) is 3.00. The molecule has 0 saturated heterocycles. The van der Waals surface area contributed by atoms with E-state index in [1.807, 2.05) is 31.2 Å². The number of H-pyrrole nitrogens is 1. The van der Waals surface area contributed by atoms with Crippen LogP contribution in [0.15, 0.2) is 29.1 Å². The zero-order chi connectivity index (χ0) is 14.7. The van der Waals surface area contributed by atoms with E-state index in [2.05, 4.69) is 10.3 Å². The van der Waals surface area contributed by atoms with Crippen molar-refractivity contribution in [1.82, 2.24) is 10.3 Å². The molecule has 1 aromatic carbocycles. The zero-order valence-corrected chi connectivity index (χ0v) is 11.8. The Bertz CT molecular complexity index is 691. The molecule has 20 heavy (non-hydrogen) atoms. The molecule has 2 N–H and O–H groups in total. The second-order valence-electron chi connectivity index (χ2n) is 4.78. The lowest BCUT2D eigenvalue weighted by Gasteiger charge is -2.13. The van der Waals surface area contributed by atoms with Crippen LogP contribution in [-0.4, -0.2) is 31.2 Å². The van der Waals surface area contributed by atoms with Crippen molar-refractivity contribution in [3.63, 3.8) is 0 Å². The fourth-order valence-corrected chi connectivity index (χ4v) is 2.19. The molecular formula is C15H18N2O3. The van der Waals surface area contributed by atoms with Crippen molar-refractivity contribution >= 4 is 16.9 Å². The number of methoxy groups -OCH3 is 1. The molecule has 0 spiro atoms. The van der Waals surface area contributed by atoms with E-state index in [4.69, 9.17) is 4.74 Å².